The van der Waals surface area contributed by atoms with Crippen LogP contribution in [0.15, 0.2) is 24.3 Å². The molecule has 1 fully saturated rings. The second kappa shape index (κ2) is 6.40. The summed E-state index contributed by atoms with van der Waals surface area (Å²) in [5.41, 5.74) is 1.38. The van der Waals surface area contributed by atoms with E-state index in [2.05, 4.69) is 38.2 Å². The Bertz CT molecular complexity index is 390. The van der Waals surface area contributed by atoms with Crippen LogP contribution in [0.3, 0.4) is 0 Å². The molecule has 1 N–H and O–H groups in total. The van der Waals surface area contributed by atoms with Crippen LogP contribution in [-0.4, -0.2) is 24.9 Å². The van der Waals surface area contributed by atoms with Crippen molar-refractivity contribution in [3.05, 3.63) is 29.8 Å². The third-order valence-corrected chi connectivity index (χ3v) is 3.98. The first kappa shape index (κ1) is 14.4. The van der Waals surface area contributed by atoms with Gasteiger partial charge >= 0.3 is 0 Å². The van der Waals surface area contributed by atoms with E-state index in [1.54, 1.807) is 0 Å². The Balaban J connectivity index is 1.86. The van der Waals surface area contributed by atoms with E-state index in [0.29, 0.717) is 0 Å². The molecular weight excluding hydrogens is 238 g/mol. The largest absolute Gasteiger partial charge is 0.494 e. The zero-order valence-electron chi connectivity index (χ0n) is 12.2. The highest BCUT2D eigenvalue weighted by atomic mass is 16.5. The summed E-state index contributed by atoms with van der Waals surface area (Å²) in [7, 11) is 0. The number of nitrogens with one attached hydrogen (secondary N) is 1. The second-order valence-corrected chi connectivity index (χ2v) is 5.53. The quantitative estimate of drug-likeness (QED) is 0.855. The first-order chi connectivity index (χ1) is 9.14. The highest BCUT2D eigenvalue weighted by molar-refractivity contribution is 5.27. The van der Waals surface area contributed by atoms with Gasteiger partial charge in [0.2, 0.25) is 0 Å². The normalized spacial score (nSPS) is 26.6. The van der Waals surface area contributed by atoms with Gasteiger partial charge in [-0.15, -0.1) is 0 Å². The minimum absolute atomic E-state index is 0.0946. The van der Waals surface area contributed by atoms with Crippen LogP contribution in [0.4, 0.5) is 0 Å². The number of rotatable bonds is 6. The molecule has 2 unspecified atom stereocenters. The van der Waals surface area contributed by atoms with Gasteiger partial charge in [-0.05, 0) is 44.4 Å². The molecule has 1 aliphatic rings. The molecule has 19 heavy (non-hydrogen) atoms. The lowest BCUT2D eigenvalue weighted by Gasteiger charge is -2.29. The Morgan fingerprint density at radius 3 is 2.68 bits per heavy atom. The van der Waals surface area contributed by atoms with Crippen LogP contribution < -0.4 is 10.1 Å². The van der Waals surface area contributed by atoms with E-state index in [-0.39, 0.29) is 11.6 Å². The fourth-order valence-corrected chi connectivity index (χ4v) is 2.29. The van der Waals surface area contributed by atoms with E-state index < -0.39 is 0 Å². The van der Waals surface area contributed by atoms with Crippen molar-refractivity contribution < 1.29 is 9.47 Å². The third kappa shape index (κ3) is 3.71. The molecule has 0 amide bonds. The Morgan fingerprint density at radius 2 is 2.11 bits per heavy atom. The average Bonchev–Trinajstić information content (AvgIpc) is 2.76. The van der Waals surface area contributed by atoms with Crippen molar-refractivity contribution in [1.29, 1.82) is 0 Å². The van der Waals surface area contributed by atoms with Crippen LogP contribution >= 0.6 is 0 Å². The SMILES string of the molecule is CCCOc1ccc(CNC2(C)CCOC2C)cc1. The van der Waals surface area contributed by atoms with Gasteiger partial charge in [0, 0.05) is 18.7 Å². The fraction of sp³-hybridized carbons (Fsp3) is 0.625. The van der Waals surface area contributed by atoms with E-state index in [9.17, 15) is 0 Å². The molecule has 0 saturated carbocycles. The molecule has 106 valence electrons. The van der Waals surface area contributed by atoms with E-state index in [0.717, 1.165) is 38.3 Å². The van der Waals surface area contributed by atoms with Crippen LogP contribution in [0.2, 0.25) is 0 Å². The van der Waals surface area contributed by atoms with Gasteiger partial charge in [0.25, 0.3) is 0 Å². The molecule has 1 aromatic rings. The molecule has 3 heteroatoms. The topological polar surface area (TPSA) is 30.5 Å². The van der Waals surface area contributed by atoms with Crippen LogP contribution in [0.5, 0.6) is 5.75 Å². The number of benzene rings is 1. The van der Waals surface area contributed by atoms with Gasteiger partial charge in [0.1, 0.15) is 5.75 Å². The lowest BCUT2D eigenvalue weighted by molar-refractivity contribution is 0.0881. The van der Waals surface area contributed by atoms with E-state index in [1.165, 1.54) is 5.56 Å². The summed E-state index contributed by atoms with van der Waals surface area (Å²) in [6, 6.07) is 8.34. The summed E-state index contributed by atoms with van der Waals surface area (Å²) >= 11 is 0. The predicted molar refractivity (Wildman–Crippen MR) is 77.5 cm³/mol. The van der Waals surface area contributed by atoms with Crippen molar-refractivity contribution in [3.63, 3.8) is 0 Å². The molecule has 0 radical (unpaired) electrons. The minimum Gasteiger partial charge on any atom is -0.494 e. The zero-order chi connectivity index (χ0) is 13.7. The Kier molecular flexibility index (Phi) is 4.83. The molecule has 1 heterocycles. The van der Waals surface area contributed by atoms with E-state index in [1.807, 2.05) is 12.1 Å². The van der Waals surface area contributed by atoms with Gasteiger partial charge < -0.3 is 14.8 Å². The lowest BCUT2D eigenvalue weighted by atomic mass is 9.94. The molecule has 2 rings (SSSR count). The van der Waals surface area contributed by atoms with Gasteiger partial charge in [-0.1, -0.05) is 19.1 Å². The summed E-state index contributed by atoms with van der Waals surface area (Å²) in [5, 5.41) is 3.62. The summed E-state index contributed by atoms with van der Waals surface area (Å²) in [6.07, 6.45) is 2.39. The summed E-state index contributed by atoms with van der Waals surface area (Å²) in [5.74, 6) is 0.953. The summed E-state index contributed by atoms with van der Waals surface area (Å²) < 4.78 is 11.2. The third-order valence-electron chi connectivity index (χ3n) is 3.98. The summed E-state index contributed by atoms with van der Waals surface area (Å²) in [4.78, 5) is 0. The Labute approximate surface area is 116 Å². The van der Waals surface area contributed by atoms with Crippen LogP contribution in [0.25, 0.3) is 0 Å². The van der Waals surface area contributed by atoms with Crippen molar-refractivity contribution in [1.82, 2.24) is 5.32 Å². The maximum absolute atomic E-state index is 5.64. The first-order valence-electron chi connectivity index (χ1n) is 7.22. The highest BCUT2D eigenvalue weighted by Gasteiger charge is 2.36. The smallest absolute Gasteiger partial charge is 0.119 e. The minimum atomic E-state index is 0.0946. The standard InChI is InChI=1S/C16H25NO2/c1-4-10-19-15-7-5-14(6-8-15)12-17-16(3)9-11-18-13(16)2/h5-8,13,17H,4,9-12H2,1-3H3. The molecule has 0 bridgehead atoms. The van der Waals surface area contributed by atoms with E-state index in [4.69, 9.17) is 9.47 Å². The number of hydrogen-bond acceptors (Lipinski definition) is 3. The maximum Gasteiger partial charge on any atom is 0.119 e. The van der Waals surface area contributed by atoms with Gasteiger partial charge in [-0.3, -0.25) is 0 Å². The summed E-state index contributed by atoms with van der Waals surface area (Å²) in [6.45, 7) is 9.01. The number of hydrogen-bond donors (Lipinski definition) is 1. The van der Waals surface area contributed by atoms with Crippen molar-refractivity contribution >= 4 is 0 Å². The molecule has 1 aliphatic heterocycles. The van der Waals surface area contributed by atoms with Crippen LogP contribution in [-0.2, 0) is 11.3 Å². The molecule has 2 atom stereocenters. The maximum atomic E-state index is 5.64. The van der Waals surface area contributed by atoms with Crippen molar-refractivity contribution in [3.8, 4) is 5.75 Å². The molecule has 1 saturated heterocycles. The monoisotopic (exact) mass is 263 g/mol. The van der Waals surface area contributed by atoms with Crippen LogP contribution in [0.1, 0.15) is 39.2 Å². The molecule has 3 nitrogen and oxygen atoms in total. The van der Waals surface area contributed by atoms with Crippen molar-refractivity contribution in [2.45, 2.75) is 51.8 Å². The highest BCUT2D eigenvalue weighted by Crippen LogP contribution is 2.25. The molecule has 0 spiro atoms. The van der Waals surface area contributed by atoms with Crippen LogP contribution in [0, 0.1) is 0 Å². The first-order valence-corrected chi connectivity index (χ1v) is 7.22. The van der Waals surface area contributed by atoms with Gasteiger partial charge in [0.15, 0.2) is 0 Å². The van der Waals surface area contributed by atoms with Gasteiger partial charge in [0.05, 0.1) is 12.7 Å². The molecule has 0 aliphatic carbocycles. The molecule has 1 aromatic carbocycles. The zero-order valence-corrected chi connectivity index (χ0v) is 12.2. The molecule has 0 aromatic heterocycles. The average molecular weight is 263 g/mol. The fourth-order valence-electron chi connectivity index (χ4n) is 2.29. The Hall–Kier alpha value is -1.06. The van der Waals surface area contributed by atoms with Crippen molar-refractivity contribution in [2.75, 3.05) is 13.2 Å². The van der Waals surface area contributed by atoms with Gasteiger partial charge in [-0.25, -0.2) is 0 Å². The predicted octanol–water partition coefficient (Wildman–Crippen LogP) is 3.13. The number of ether oxygens (including phenoxy) is 2. The second-order valence-electron chi connectivity index (χ2n) is 5.53. The Morgan fingerprint density at radius 1 is 1.37 bits per heavy atom. The van der Waals surface area contributed by atoms with Crippen molar-refractivity contribution in [2.24, 2.45) is 0 Å². The lowest BCUT2D eigenvalue weighted by Crippen LogP contribution is -2.47. The molecular formula is C16H25NO2. The van der Waals surface area contributed by atoms with Gasteiger partial charge in [-0.2, -0.15) is 0 Å². The van der Waals surface area contributed by atoms with E-state index >= 15 is 0 Å².